The Hall–Kier alpha value is -1.99. The van der Waals surface area contributed by atoms with Gasteiger partial charge in [0, 0.05) is 38.0 Å². The lowest BCUT2D eigenvalue weighted by atomic mass is 10.1. The highest BCUT2D eigenvalue weighted by atomic mass is 16.2. The maximum absolute atomic E-state index is 11.8. The maximum atomic E-state index is 11.8. The molecule has 0 bridgehead atoms. The minimum absolute atomic E-state index is 0.203. The molecule has 0 aromatic heterocycles. The highest BCUT2D eigenvalue weighted by Crippen LogP contribution is 2.18. The van der Waals surface area contributed by atoms with Crippen LogP contribution in [0.3, 0.4) is 0 Å². The van der Waals surface area contributed by atoms with E-state index in [9.17, 15) is 9.59 Å². The number of carbonyl (C=O) groups is 2. The fourth-order valence-corrected chi connectivity index (χ4v) is 2.69. The molecule has 2 saturated heterocycles. The zero-order valence-corrected chi connectivity index (χ0v) is 14.5. The third kappa shape index (κ3) is 4.52. The van der Waals surface area contributed by atoms with Gasteiger partial charge in [0.15, 0.2) is 0 Å². The molecular weight excluding hydrogens is 306 g/mol. The summed E-state index contributed by atoms with van der Waals surface area (Å²) in [5.41, 5.74) is 2.03. The van der Waals surface area contributed by atoms with E-state index in [1.807, 2.05) is 18.1 Å². The second-order valence-corrected chi connectivity index (χ2v) is 6.06. The van der Waals surface area contributed by atoms with Crippen molar-refractivity contribution in [3.05, 3.63) is 23.9 Å². The van der Waals surface area contributed by atoms with E-state index in [1.54, 1.807) is 6.08 Å². The summed E-state index contributed by atoms with van der Waals surface area (Å²) < 4.78 is 0. The molecule has 0 saturated carbocycles. The van der Waals surface area contributed by atoms with Gasteiger partial charge in [0.25, 0.3) is 0 Å². The summed E-state index contributed by atoms with van der Waals surface area (Å²) in [6.07, 6.45) is 5.47. The minimum Gasteiger partial charge on any atom is -0.312 e. The van der Waals surface area contributed by atoms with Gasteiger partial charge in [-0.05, 0) is 25.3 Å². The van der Waals surface area contributed by atoms with Crippen molar-refractivity contribution < 1.29 is 9.59 Å². The van der Waals surface area contributed by atoms with Crippen molar-refractivity contribution in [2.45, 2.75) is 45.2 Å². The third-order valence-corrected chi connectivity index (χ3v) is 4.33. The summed E-state index contributed by atoms with van der Waals surface area (Å²) in [6.45, 7) is 10.3. The van der Waals surface area contributed by atoms with Crippen molar-refractivity contribution in [1.29, 1.82) is 0 Å². The predicted molar refractivity (Wildman–Crippen MR) is 94.4 cm³/mol. The van der Waals surface area contributed by atoms with Gasteiger partial charge in [-0.1, -0.05) is 19.6 Å². The number of amides is 2. The molecule has 1 atom stereocenters. The van der Waals surface area contributed by atoms with E-state index >= 15 is 0 Å². The van der Waals surface area contributed by atoms with E-state index in [0.717, 1.165) is 30.8 Å². The Morgan fingerprint density at radius 2 is 2.21 bits per heavy atom. The predicted octanol–water partition coefficient (Wildman–Crippen LogP) is 0.511. The Morgan fingerprint density at radius 1 is 1.46 bits per heavy atom. The first-order chi connectivity index (χ1) is 11.6. The van der Waals surface area contributed by atoms with Gasteiger partial charge in [-0.3, -0.25) is 19.9 Å². The summed E-state index contributed by atoms with van der Waals surface area (Å²) in [7, 11) is 0. The van der Waals surface area contributed by atoms with Crippen LogP contribution in [0.5, 0.6) is 0 Å². The summed E-state index contributed by atoms with van der Waals surface area (Å²) in [4.78, 5) is 23.0. The molecule has 0 spiro atoms. The number of piperidine rings is 1. The average Bonchev–Trinajstić information content (AvgIpc) is 2.51. The van der Waals surface area contributed by atoms with Crippen LogP contribution in [0.4, 0.5) is 0 Å². The molecule has 0 aliphatic carbocycles. The van der Waals surface area contributed by atoms with Crippen molar-refractivity contribution >= 4 is 18.0 Å². The van der Waals surface area contributed by atoms with Crippen molar-refractivity contribution in [2.75, 3.05) is 19.6 Å². The van der Waals surface area contributed by atoms with E-state index in [-0.39, 0.29) is 17.9 Å². The first-order valence-corrected chi connectivity index (χ1v) is 8.48. The zero-order valence-electron chi connectivity index (χ0n) is 14.5. The molecule has 3 N–H and O–H groups in total. The zero-order chi connectivity index (χ0) is 17.5. The maximum Gasteiger partial charge on any atom is 0.243 e. The Labute approximate surface area is 143 Å². The normalized spacial score (nSPS) is 22.8. The second kappa shape index (κ2) is 8.75. The van der Waals surface area contributed by atoms with E-state index in [4.69, 9.17) is 0 Å². The van der Waals surface area contributed by atoms with Gasteiger partial charge in [0.2, 0.25) is 11.8 Å². The molecule has 7 nitrogen and oxygen atoms in total. The molecule has 132 valence electrons. The lowest BCUT2D eigenvalue weighted by Crippen LogP contribution is -2.55. The molecule has 2 aliphatic heterocycles. The van der Waals surface area contributed by atoms with Crippen LogP contribution in [-0.4, -0.2) is 54.8 Å². The van der Waals surface area contributed by atoms with Crippen molar-refractivity contribution in [3.63, 3.8) is 0 Å². The molecule has 2 rings (SSSR count). The van der Waals surface area contributed by atoms with Gasteiger partial charge in [0.05, 0.1) is 12.1 Å². The van der Waals surface area contributed by atoms with Crippen LogP contribution in [0.15, 0.2) is 29.0 Å². The number of allylic oxidation sites excluding steroid dienone is 1. The van der Waals surface area contributed by atoms with Gasteiger partial charge >= 0.3 is 0 Å². The fraction of sp³-hybridized carbons (Fsp3) is 0.588. The Morgan fingerprint density at radius 3 is 2.75 bits per heavy atom. The van der Waals surface area contributed by atoms with E-state index in [2.05, 4.69) is 34.6 Å². The van der Waals surface area contributed by atoms with E-state index < -0.39 is 0 Å². The molecule has 1 unspecified atom stereocenters. The smallest absolute Gasteiger partial charge is 0.243 e. The topological polar surface area (TPSA) is 85.8 Å². The average molecular weight is 333 g/mol. The van der Waals surface area contributed by atoms with Crippen LogP contribution in [0.1, 0.15) is 33.1 Å². The van der Waals surface area contributed by atoms with Gasteiger partial charge in [-0.25, -0.2) is 0 Å². The first kappa shape index (κ1) is 18.4. The molecule has 2 fully saturated rings. The summed E-state index contributed by atoms with van der Waals surface area (Å²) in [5, 5.41) is 15.4. The van der Waals surface area contributed by atoms with Crippen molar-refractivity contribution in [3.8, 4) is 0 Å². The van der Waals surface area contributed by atoms with Crippen LogP contribution in [0.2, 0.25) is 0 Å². The largest absolute Gasteiger partial charge is 0.312 e. The van der Waals surface area contributed by atoms with Crippen molar-refractivity contribution in [2.24, 2.45) is 5.10 Å². The minimum atomic E-state index is -0.344. The summed E-state index contributed by atoms with van der Waals surface area (Å²) in [5.74, 6) is -0.456. The quantitative estimate of drug-likeness (QED) is 0.261. The van der Waals surface area contributed by atoms with Crippen LogP contribution in [0.25, 0.3) is 0 Å². The number of nitrogens with zero attached hydrogens (tertiary/aromatic N) is 2. The summed E-state index contributed by atoms with van der Waals surface area (Å²) >= 11 is 0. The molecule has 2 heterocycles. The Bertz CT molecular complexity index is 551. The Kier molecular flexibility index (Phi) is 6.69. The highest BCUT2D eigenvalue weighted by Gasteiger charge is 2.28. The molecule has 2 amide bonds. The van der Waals surface area contributed by atoms with Gasteiger partial charge in [0.1, 0.15) is 0 Å². The van der Waals surface area contributed by atoms with Crippen LogP contribution in [-0.2, 0) is 9.59 Å². The Balaban J connectivity index is 2.04. The van der Waals surface area contributed by atoms with Gasteiger partial charge in [-0.2, -0.15) is 5.10 Å². The van der Waals surface area contributed by atoms with Gasteiger partial charge < -0.3 is 10.6 Å². The van der Waals surface area contributed by atoms with Crippen LogP contribution in [0, 0.1) is 0 Å². The third-order valence-electron chi connectivity index (χ3n) is 4.33. The van der Waals surface area contributed by atoms with E-state index in [1.165, 1.54) is 0 Å². The number of hydrazone groups is 1. The molecular formula is C17H27N5O2. The standard InChI is InChI=1S/C17H27N5O2/c1-4-8-20-22(14-10-18-11-14)12(3)13(5-2)9-19-15-6-7-16(23)21-17(15)24/h5,8,14-15,18-19H,2,4,6-7,9-11H2,1,3H3,(H,21,23,24)/b13-12+,20-8-. The first-order valence-electron chi connectivity index (χ1n) is 8.48. The monoisotopic (exact) mass is 333 g/mol. The van der Waals surface area contributed by atoms with Crippen LogP contribution >= 0.6 is 0 Å². The lowest BCUT2D eigenvalue weighted by molar-refractivity contribution is -0.134. The number of hydrogen-bond donors (Lipinski definition) is 3. The molecule has 24 heavy (non-hydrogen) atoms. The molecule has 0 radical (unpaired) electrons. The van der Waals surface area contributed by atoms with Gasteiger partial charge in [-0.15, -0.1) is 0 Å². The second-order valence-electron chi connectivity index (χ2n) is 6.06. The number of carbonyl (C=O) groups excluding carboxylic acids is 2. The molecule has 0 aromatic rings. The molecule has 0 aromatic carbocycles. The summed E-state index contributed by atoms with van der Waals surface area (Å²) in [6, 6.07) is 0.00163. The van der Waals surface area contributed by atoms with E-state index in [0.29, 0.717) is 25.4 Å². The molecule has 7 heteroatoms. The number of rotatable bonds is 8. The number of nitrogens with one attached hydrogen (secondary N) is 3. The molecule has 2 aliphatic rings. The lowest BCUT2D eigenvalue weighted by Gasteiger charge is -2.37. The fourth-order valence-electron chi connectivity index (χ4n) is 2.69. The number of imide groups is 1. The highest BCUT2D eigenvalue weighted by molar-refractivity contribution is 6.00. The van der Waals surface area contributed by atoms with Crippen molar-refractivity contribution in [1.82, 2.24) is 21.0 Å². The van der Waals surface area contributed by atoms with Crippen LogP contribution < -0.4 is 16.0 Å². The SMILES string of the molecule is C=C/C(CNC1CCC(=O)NC1=O)=C(/C)N(/N=C\CC)C1CNC1. The number of hydrogen-bond acceptors (Lipinski definition) is 6.